The van der Waals surface area contributed by atoms with E-state index in [9.17, 15) is 4.79 Å². The number of rotatable bonds is 6. The van der Waals surface area contributed by atoms with Gasteiger partial charge in [0.15, 0.2) is 5.89 Å². The average Bonchev–Trinajstić information content (AvgIpc) is 2.96. The van der Waals surface area contributed by atoms with Crippen LogP contribution < -0.4 is 4.90 Å². The van der Waals surface area contributed by atoms with Crippen molar-refractivity contribution in [3.05, 3.63) is 11.6 Å². The summed E-state index contributed by atoms with van der Waals surface area (Å²) in [6.07, 6.45) is 2.22. The van der Waals surface area contributed by atoms with Crippen molar-refractivity contribution >= 4 is 11.8 Å². The number of nitrogens with zero attached hydrogens (tertiary/aromatic N) is 5. The van der Waals surface area contributed by atoms with Crippen molar-refractivity contribution in [3.63, 3.8) is 0 Å². The fraction of sp³-hybridized carbons (Fsp3) is 0.706. The van der Waals surface area contributed by atoms with Crippen LogP contribution in [0.3, 0.4) is 0 Å². The molecule has 1 atom stereocenters. The second-order valence-corrected chi connectivity index (χ2v) is 6.42. The summed E-state index contributed by atoms with van der Waals surface area (Å²) in [7, 11) is 2.00. The number of aryl methyl sites for hydroxylation is 1. The van der Waals surface area contributed by atoms with Gasteiger partial charge in [-0.1, -0.05) is 13.3 Å². The predicted octanol–water partition coefficient (Wildman–Crippen LogP) is 1.62. The van der Waals surface area contributed by atoms with Crippen LogP contribution in [-0.4, -0.2) is 66.5 Å². The summed E-state index contributed by atoms with van der Waals surface area (Å²) in [6, 6.07) is 2.48. The Morgan fingerprint density at radius 3 is 2.67 bits per heavy atom. The van der Waals surface area contributed by atoms with Crippen LogP contribution in [0.5, 0.6) is 0 Å². The minimum atomic E-state index is 0.161. The van der Waals surface area contributed by atoms with Gasteiger partial charge in [-0.15, -0.1) is 0 Å². The van der Waals surface area contributed by atoms with Crippen molar-refractivity contribution in [3.8, 4) is 6.07 Å². The monoisotopic (exact) mass is 333 g/mol. The number of amides is 1. The second-order valence-electron chi connectivity index (χ2n) is 6.42. The summed E-state index contributed by atoms with van der Waals surface area (Å²) in [5.41, 5.74) is 0.320. The van der Waals surface area contributed by atoms with E-state index in [1.165, 1.54) is 0 Å². The molecule has 0 bridgehead atoms. The fourth-order valence-corrected chi connectivity index (χ4v) is 2.97. The number of aromatic nitrogens is 1. The van der Waals surface area contributed by atoms with Gasteiger partial charge in [0.05, 0.1) is 6.54 Å². The van der Waals surface area contributed by atoms with Gasteiger partial charge in [-0.2, -0.15) is 5.26 Å². The molecule has 7 heteroatoms. The molecule has 1 aliphatic heterocycles. The Hall–Kier alpha value is -2.07. The van der Waals surface area contributed by atoms with Crippen molar-refractivity contribution in [1.29, 1.82) is 5.26 Å². The Balaban J connectivity index is 1.88. The summed E-state index contributed by atoms with van der Waals surface area (Å²) in [5, 5.41) is 9.13. The van der Waals surface area contributed by atoms with Crippen molar-refractivity contribution in [2.75, 3.05) is 44.7 Å². The van der Waals surface area contributed by atoms with E-state index in [0.717, 1.165) is 12.8 Å². The maximum absolute atomic E-state index is 12.5. The lowest BCUT2D eigenvalue weighted by Gasteiger charge is -2.36. The number of piperazine rings is 1. The predicted molar refractivity (Wildman–Crippen MR) is 91.7 cm³/mol. The van der Waals surface area contributed by atoms with E-state index < -0.39 is 0 Å². The Morgan fingerprint density at radius 2 is 2.08 bits per heavy atom. The molecule has 0 saturated carbocycles. The van der Waals surface area contributed by atoms with Crippen LogP contribution in [0.15, 0.2) is 4.42 Å². The van der Waals surface area contributed by atoms with Crippen LogP contribution in [0.1, 0.15) is 38.3 Å². The number of hydrogen-bond donors (Lipinski definition) is 0. The van der Waals surface area contributed by atoms with Crippen LogP contribution in [0.25, 0.3) is 0 Å². The summed E-state index contributed by atoms with van der Waals surface area (Å²) in [4.78, 5) is 22.5. The number of nitriles is 1. The van der Waals surface area contributed by atoms with E-state index in [2.05, 4.69) is 29.8 Å². The van der Waals surface area contributed by atoms with Gasteiger partial charge in [-0.05, 0) is 20.4 Å². The third-order valence-corrected chi connectivity index (χ3v) is 4.59. The summed E-state index contributed by atoms with van der Waals surface area (Å²) in [5.74, 6) is 1.18. The molecular formula is C17H27N5O2. The number of carbonyl (C=O) groups excluding carboxylic acids is 1. The fourth-order valence-electron chi connectivity index (χ4n) is 2.97. The molecule has 0 aromatic carbocycles. The first-order valence-corrected chi connectivity index (χ1v) is 8.56. The third-order valence-electron chi connectivity index (χ3n) is 4.59. The molecule has 1 fully saturated rings. The number of oxazole rings is 1. The van der Waals surface area contributed by atoms with E-state index >= 15 is 0 Å². The van der Waals surface area contributed by atoms with Crippen LogP contribution >= 0.6 is 0 Å². The first-order valence-electron chi connectivity index (χ1n) is 8.56. The van der Waals surface area contributed by atoms with E-state index in [0.29, 0.717) is 56.2 Å². The van der Waals surface area contributed by atoms with E-state index in [1.807, 2.05) is 16.8 Å². The van der Waals surface area contributed by atoms with Gasteiger partial charge < -0.3 is 14.2 Å². The quantitative estimate of drug-likeness (QED) is 0.787. The Morgan fingerprint density at radius 1 is 1.42 bits per heavy atom. The SMILES string of the molecule is CCC[C@H](C)N(C)CC(=O)N1CCN(c2oc(C)nc2C#N)CC1. The second kappa shape index (κ2) is 8.15. The van der Waals surface area contributed by atoms with E-state index in [-0.39, 0.29) is 5.91 Å². The van der Waals surface area contributed by atoms with Crippen LogP contribution in [0, 0.1) is 18.3 Å². The molecule has 0 spiro atoms. The molecule has 0 radical (unpaired) electrons. The highest BCUT2D eigenvalue weighted by Crippen LogP contribution is 2.22. The standard InChI is InChI=1S/C17H27N5O2/c1-5-6-13(2)20(4)12-16(23)21-7-9-22(10-8-21)17-15(11-18)19-14(3)24-17/h13H,5-10,12H2,1-4H3/t13-/m0/s1. The van der Waals surface area contributed by atoms with Crippen LogP contribution in [-0.2, 0) is 4.79 Å². The number of hydrogen-bond acceptors (Lipinski definition) is 6. The molecule has 1 aromatic rings. The zero-order valence-corrected chi connectivity index (χ0v) is 15.1. The first-order chi connectivity index (χ1) is 11.5. The Bertz CT molecular complexity index is 599. The average molecular weight is 333 g/mol. The molecule has 7 nitrogen and oxygen atoms in total. The van der Waals surface area contributed by atoms with Gasteiger partial charge in [0.2, 0.25) is 17.5 Å². The van der Waals surface area contributed by atoms with Gasteiger partial charge in [-0.25, -0.2) is 4.98 Å². The van der Waals surface area contributed by atoms with Crippen molar-refractivity contribution in [2.24, 2.45) is 0 Å². The maximum atomic E-state index is 12.5. The molecule has 2 heterocycles. The van der Waals surface area contributed by atoms with Crippen LogP contribution in [0.2, 0.25) is 0 Å². The minimum Gasteiger partial charge on any atom is -0.424 e. The highest BCUT2D eigenvalue weighted by molar-refractivity contribution is 5.78. The van der Waals surface area contributed by atoms with E-state index in [1.54, 1.807) is 6.92 Å². The lowest BCUT2D eigenvalue weighted by atomic mass is 10.2. The lowest BCUT2D eigenvalue weighted by Crippen LogP contribution is -2.51. The van der Waals surface area contributed by atoms with Crippen molar-refractivity contribution < 1.29 is 9.21 Å². The minimum absolute atomic E-state index is 0.161. The van der Waals surface area contributed by atoms with E-state index in [4.69, 9.17) is 9.68 Å². The van der Waals surface area contributed by atoms with Gasteiger partial charge in [0.1, 0.15) is 6.07 Å². The summed E-state index contributed by atoms with van der Waals surface area (Å²) < 4.78 is 5.54. The van der Waals surface area contributed by atoms with Gasteiger partial charge in [-0.3, -0.25) is 9.69 Å². The maximum Gasteiger partial charge on any atom is 0.236 e. The number of anilines is 1. The molecule has 1 aliphatic rings. The molecule has 1 aromatic heterocycles. The molecule has 0 N–H and O–H groups in total. The number of carbonyl (C=O) groups is 1. The van der Waals surface area contributed by atoms with Crippen molar-refractivity contribution in [1.82, 2.24) is 14.8 Å². The largest absolute Gasteiger partial charge is 0.424 e. The molecule has 1 saturated heterocycles. The van der Waals surface area contributed by atoms with Crippen LogP contribution in [0.4, 0.5) is 5.88 Å². The molecule has 132 valence electrons. The summed E-state index contributed by atoms with van der Waals surface area (Å²) >= 11 is 0. The molecule has 0 unspecified atom stereocenters. The van der Waals surface area contributed by atoms with Gasteiger partial charge >= 0.3 is 0 Å². The third kappa shape index (κ3) is 4.26. The highest BCUT2D eigenvalue weighted by Gasteiger charge is 2.26. The van der Waals surface area contributed by atoms with Crippen molar-refractivity contribution in [2.45, 2.75) is 39.7 Å². The highest BCUT2D eigenvalue weighted by atomic mass is 16.4. The van der Waals surface area contributed by atoms with Gasteiger partial charge in [0.25, 0.3) is 0 Å². The molecule has 1 amide bonds. The zero-order chi connectivity index (χ0) is 17.7. The molecule has 0 aliphatic carbocycles. The normalized spacial score (nSPS) is 16.3. The topological polar surface area (TPSA) is 76.6 Å². The van der Waals surface area contributed by atoms with Gasteiger partial charge in [0, 0.05) is 39.1 Å². The smallest absolute Gasteiger partial charge is 0.236 e. The Labute approximate surface area is 143 Å². The zero-order valence-electron chi connectivity index (χ0n) is 15.1. The molecular weight excluding hydrogens is 306 g/mol. The number of likely N-dealkylation sites (N-methyl/N-ethyl adjacent to an activating group) is 1. The molecule has 2 rings (SSSR count). The lowest BCUT2D eigenvalue weighted by molar-refractivity contribution is -0.132. The Kier molecular flexibility index (Phi) is 6.21. The summed E-state index contributed by atoms with van der Waals surface area (Å²) in [6.45, 7) is 9.09. The first kappa shape index (κ1) is 18.3. The molecule has 24 heavy (non-hydrogen) atoms.